The van der Waals surface area contributed by atoms with E-state index in [2.05, 4.69) is 50.9 Å². The molecule has 0 atom stereocenters. The maximum absolute atomic E-state index is 4.26. The number of nitrogens with zero attached hydrogens (tertiary/aromatic N) is 1. The molecule has 0 aliphatic rings. The van der Waals surface area contributed by atoms with E-state index in [-0.39, 0.29) is 0 Å². The lowest BCUT2D eigenvalue weighted by Gasteiger charge is -1.99. The van der Waals surface area contributed by atoms with Gasteiger partial charge < -0.3 is 0 Å². The minimum absolute atomic E-state index is 0.372. The molecule has 0 unspecified atom stereocenters. The van der Waals surface area contributed by atoms with Crippen LogP contribution in [0.1, 0.15) is 34.6 Å². The first-order valence-electron chi connectivity index (χ1n) is 5.11. The van der Waals surface area contributed by atoms with Crippen molar-refractivity contribution in [1.29, 1.82) is 0 Å². The zero-order chi connectivity index (χ0) is 11.0. The molecule has 0 rings (SSSR count). The lowest BCUT2D eigenvalue weighted by Crippen LogP contribution is -1.87. The van der Waals surface area contributed by atoms with Gasteiger partial charge in [0.15, 0.2) is 0 Å². The summed E-state index contributed by atoms with van der Waals surface area (Å²) >= 11 is 0. The third kappa shape index (κ3) is 5.52. The largest absolute Gasteiger partial charge is 0.290 e. The SMILES string of the molecule is C\C=C(C)/C(=C\C)/C=C/C=N\C(C)C. The normalized spacial score (nSPS) is 15.0. The van der Waals surface area contributed by atoms with Gasteiger partial charge >= 0.3 is 0 Å². The van der Waals surface area contributed by atoms with E-state index >= 15 is 0 Å². The van der Waals surface area contributed by atoms with Gasteiger partial charge in [-0.25, -0.2) is 0 Å². The number of hydrogen-bond acceptors (Lipinski definition) is 1. The van der Waals surface area contributed by atoms with E-state index in [0.717, 1.165) is 0 Å². The van der Waals surface area contributed by atoms with Crippen molar-refractivity contribution in [2.24, 2.45) is 4.99 Å². The van der Waals surface area contributed by atoms with E-state index < -0.39 is 0 Å². The lowest BCUT2D eigenvalue weighted by molar-refractivity contribution is 0.842. The summed E-state index contributed by atoms with van der Waals surface area (Å²) in [6.07, 6.45) is 10.1. The van der Waals surface area contributed by atoms with Gasteiger partial charge in [-0.3, -0.25) is 4.99 Å². The van der Waals surface area contributed by atoms with Crippen molar-refractivity contribution in [3.05, 3.63) is 35.5 Å². The molecule has 0 aliphatic carbocycles. The molecule has 0 radical (unpaired) electrons. The van der Waals surface area contributed by atoms with Gasteiger partial charge in [0.05, 0.1) is 0 Å². The monoisotopic (exact) mass is 191 g/mol. The van der Waals surface area contributed by atoms with Crippen molar-refractivity contribution < 1.29 is 0 Å². The molecule has 0 N–H and O–H groups in total. The number of aliphatic imine (C=N–C) groups is 1. The lowest BCUT2D eigenvalue weighted by atomic mass is 10.1. The zero-order valence-electron chi connectivity index (χ0n) is 9.91. The van der Waals surface area contributed by atoms with Crippen LogP contribution in [0.5, 0.6) is 0 Å². The van der Waals surface area contributed by atoms with Gasteiger partial charge in [0.25, 0.3) is 0 Å². The Morgan fingerprint density at radius 1 is 1.14 bits per heavy atom. The highest BCUT2D eigenvalue weighted by Crippen LogP contribution is 2.09. The van der Waals surface area contributed by atoms with Crippen LogP contribution in [-0.2, 0) is 0 Å². The Bertz CT molecular complexity index is 265. The van der Waals surface area contributed by atoms with Crippen LogP contribution in [0.3, 0.4) is 0 Å². The molecule has 0 bridgehead atoms. The van der Waals surface area contributed by atoms with E-state index in [4.69, 9.17) is 0 Å². The minimum Gasteiger partial charge on any atom is -0.290 e. The van der Waals surface area contributed by atoms with Crippen LogP contribution < -0.4 is 0 Å². The first kappa shape index (κ1) is 12.9. The summed E-state index contributed by atoms with van der Waals surface area (Å²) in [6.45, 7) is 10.3. The standard InChI is InChI=1S/C13H21N/c1-6-12(5)13(7-2)9-8-10-14-11(3)4/h6-11H,1-5H3/b9-8+,12-6-,13-7-,14-10-. The predicted octanol–water partition coefficient (Wildman–Crippen LogP) is 3.93. The van der Waals surface area contributed by atoms with Gasteiger partial charge in [-0.15, -0.1) is 0 Å². The molecule has 0 aliphatic heterocycles. The maximum Gasteiger partial charge on any atom is 0.0443 e. The molecular formula is C13H21N. The summed E-state index contributed by atoms with van der Waals surface area (Å²) in [7, 11) is 0. The van der Waals surface area contributed by atoms with Gasteiger partial charge in [0.2, 0.25) is 0 Å². The summed E-state index contributed by atoms with van der Waals surface area (Å²) < 4.78 is 0. The fourth-order valence-corrected chi connectivity index (χ4v) is 0.991. The summed E-state index contributed by atoms with van der Waals surface area (Å²) in [5, 5.41) is 0. The fourth-order valence-electron chi connectivity index (χ4n) is 0.991. The quantitative estimate of drug-likeness (QED) is 0.471. The van der Waals surface area contributed by atoms with Crippen molar-refractivity contribution >= 4 is 6.21 Å². The first-order valence-corrected chi connectivity index (χ1v) is 5.11. The summed E-state index contributed by atoms with van der Waals surface area (Å²) in [5.41, 5.74) is 2.55. The zero-order valence-corrected chi connectivity index (χ0v) is 9.91. The second kappa shape index (κ2) is 7.31. The number of allylic oxidation sites excluding steroid dienone is 6. The second-order valence-electron chi connectivity index (χ2n) is 3.47. The Hall–Kier alpha value is -1.11. The molecule has 14 heavy (non-hydrogen) atoms. The molecular weight excluding hydrogens is 170 g/mol. The second-order valence-corrected chi connectivity index (χ2v) is 3.47. The van der Waals surface area contributed by atoms with Crippen molar-refractivity contribution in [3.63, 3.8) is 0 Å². The Morgan fingerprint density at radius 2 is 1.79 bits per heavy atom. The highest BCUT2D eigenvalue weighted by atomic mass is 14.7. The molecule has 0 spiro atoms. The minimum atomic E-state index is 0.372. The summed E-state index contributed by atoms with van der Waals surface area (Å²) in [4.78, 5) is 4.26. The Morgan fingerprint density at radius 3 is 2.21 bits per heavy atom. The molecule has 0 aromatic carbocycles. The molecule has 0 aromatic rings. The van der Waals surface area contributed by atoms with Gasteiger partial charge in [0.1, 0.15) is 0 Å². The Labute approximate surface area is 87.9 Å². The summed E-state index contributed by atoms with van der Waals surface area (Å²) in [5.74, 6) is 0. The van der Waals surface area contributed by atoms with Crippen LogP contribution in [0, 0.1) is 0 Å². The maximum atomic E-state index is 4.26. The highest BCUT2D eigenvalue weighted by Gasteiger charge is 1.90. The molecule has 1 nitrogen and oxygen atoms in total. The Balaban J connectivity index is 4.35. The predicted molar refractivity (Wildman–Crippen MR) is 66.0 cm³/mol. The van der Waals surface area contributed by atoms with Crippen LogP contribution in [-0.4, -0.2) is 12.3 Å². The average Bonchev–Trinajstić information content (AvgIpc) is 2.16. The molecule has 0 aromatic heterocycles. The fraction of sp³-hybridized carbons (Fsp3) is 0.462. The van der Waals surface area contributed by atoms with Crippen molar-refractivity contribution in [2.45, 2.75) is 40.7 Å². The molecule has 0 saturated carbocycles. The topological polar surface area (TPSA) is 12.4 Å². The van der Waals surface area contributed by atoms with Crippen molar-refractivity contribution in [3.8, 4) is 0 Å². The Kier molecular flexibility index (Phi) is 6.73. The van der Waals surface area contributed by atoms with Gasteiger partial charge in [0, 0.05) is 12.3 Å². The third-order valence-electron chi connectivity index (χ3n) is 1.95. The van der Waals surface area contributed by atoms with Crippen LogP contribution in [0.15, 0.2) is 40.4 Å². The van der Waals surface area contributed by atoms with E-state index in [1.54, 1.807) is 0 Å². The number of hydrogen-bond donors (Lipinski definition) is 0. The van der Waals surface area contributed by atoms with Gasteiger partial charge in [-0.2, -0.15) is 0 Å². The average molecular weight is 191 g/mol. The van der Waals surface area contributed by atoms with Crippen molar-refractivity contribution in [1.82, 2.24) is 0 Å². The van der Waals surface area contributed by atoms with E-state index in [0.29, 0.717) is 6.04 Å². The molecule has 78 valence electrons. The van der Waals surface area contributed by atoms with Crippen LogP contribution in [0.4, 0.5) is 0 Å². The van der Waals surface area contributed by atoms with Crippen LogP contribution in [0.2, 0.25) is 0 Å². The molecule has 0 fully saturated rings. The van der Waals surface area contributed by atoms with Crippen molar-refractivity contribution in [2.75, 3.05) is 0 Å². The highest BCUT2D eigenvalue weighted by molar-refractivity contribution is 5.72. The number of rotatable bonds is 4. The molecule has 0 saturated heterocycles. The third-order valence-corrected chi connectivity index (χ3v) is 1.95. The van der Waals surface area contributed by atoms with E-state index in [1.165, 1.54) is 11.1 Å². The first-order chi connectivity index (χ1) is 6.61. The van der Waals surface area contributed by atoms with Gasteiger partial charge in [-0.1, -0.05) is 18.2 Å². The van der Waals surface area contributed by atoms with Gasteiger partial charge in [-0.05, 0) is 51.8 Å². The van der Waals surface area contributed by atoms with Crippen LogP contribution in [0.25, 0.3) is 0 Å². The van der Waals surface area contributed by atoms with Crippen LogP contribution >= 0.6 is 0 Å². The summed E-state index contributed by atoms with van der Waals surface area (Å²) in [6, 6.07) is 0.372. The van der Waals surface area contributed by atoms with E-state index in [9.17, 15) is 0 Å². The van der Waals surface area contributed by atoms with E-state index in [1.807, 2.05) is 19.2 Å². The molecule has 1 heteroatoms. The molecule has 0 heterocycles. The smallest absolute Gasteiger partial charge is 0.0443 e. The molecule has 0 amide bonds.